The molecule has 176 valence electrons. The van der Waals surface area contributed by atoms with Gasteiger partial charge in [-0.25, -0.2) is 4.98 Å². The van der Waals surface area contributed by atoms with Crippen molar-refractivity contribution in [1.82, 2.24) is 4.98 Å². The topological polar surface area (TPSA) is 92.5 Å². The highest BCUT2D eigenvalue weighted by molar-refractivity contribution is 6.23. The van der Waals surface area contributed by atoms with Crippen molar-refractivity contribution in [2.75, 3.05) is 10.2 Å². The van der Waals surface area contributed by atoms with E-state index in [1.807, 2.05) is 36.4 Å². The number of anilines is 2. The highest BCUT2D eigenvalue weighted by Gasteiger charge is 2.59. The fourth-order valence-electron chi connectivity index (χ4n) is 5.81. The molecule has 0 radical (unpaired) electrons. The van der Waals surface area contributed by atoms with E-state index >= 15 is 0 Å². The van der Waals surface area contributed by atoms with Gasteiger partial charge in [0.25, 0.3) is 5.91 Å². The second kappa shape index (κ2) is 7.75. The number of oxazole rings is 1. The number of nitrogens with one attached hydrogen (secondary N) is 1. The van der Waals surface area contributed by atoms with Gasteiger partial charge in [0.1, 0.15) is 5.52 Å². The fraction of sp³-hybridized carbons (Fsp3) is 0.172. The van der Waals surface area contributed by atoms with Crippen LogP contribution in [0.2, 0.25) is 0 Å². The molecule has 3 aromatic carbocycles. The van der Waals surface area contributed by atoms with E-state index in [-0.39, 0.29) is 41.4 Å². The number of benzene rings is 3. The molecule has 36 heavy (non-hydrogen) atoms. The predicted molar refractivity (Wildman–Crippen MR) is 134 cm³/mol. The molecule has 4 aromatic rings. The van der Waals surface area contributed by atoms with Crippen LogP contribution in [0.5, 0.6) is 0 Å². The molecule has 7 rings (SSSR count). The van der Waals surface area contributed by atoms with Gasteiger partial charge in [-0.2, -0.15) is 0 Å². The number of hydrogen-bond acceptors (Lipinski definition) is 5. The first-order chi connectivity index (χ1) is 17.6. The number of nitrogens with zero attached hydrogens (tertiary/aromatic N) is 2. The highest BCUT2D eigenvalue weighted by atomic mass is 16.3. The molecule has 1 N–H and O–H groups in total. The van der Waals surface area contributed by atoms with E-state index in [1.165, 1.54) is 4.90 Å². The van der Waals surface area contributed by atoms with E-state index < -0.39 is 0 Å². The first-order valence-electron chi connectivity index (χ1n) is 12.0. The summed E-state index contributed by atoms with van der Waals surface area (Å²) in [6, 6.07) is 21.4. The van der Waals surface area contributed by atoms with E-state index in [0.717, 1.165) is 23.1 Å². The molecule has 1 saturated carbocycles. The third-order valence-electron chi connectivity index (χ3n) is 7.54. The van der Waals surface area contributed by atoms with E-state index in [2.05, 4.69) is 22.5 Å². The Hall–Kier alpha value is -4.52. The van der Waals surface area contributed by atoms with E-state index in [1.54, 1.807) is 36.4 Å². The number of hydrogen-bond donors (Lipinski definition) is 1. The summed E-state index contributed by atoms with van der Waals surface area (Å²) in [7, 11) is 0. The predicted octanol–water partition coefficient (Wildman–Crippen LogP) is 5.06. The molecule has 0 spiro atoms. The van der Waals surface area contributed by atoms with Crippen LogP contribution in [0.25, 0.3) is 22.6 Å². The standard InChI is InChI=1S/C29H21N3O4/c33-26(30-20-11-7-17(8-12-20)27-31-22-3-1-2-4-23(22)36-27)16-9-13-21(14-10-16)32-28(34)24-18-5-6-19(15-18)25(24)29(32)35/h1-14,18-19,24-25H,15H2,(H,30,33)/t18-,19-,24-,25-/m0/s1. The van der Waals surface area contributed by atoms with Gasteiger partial charge in [0.05, 0.1) is 17.5 Å². The van der Waals surface area contributed by atoms with Crippen LogP contribution in [0.4, 0.5) is 11.4 Å². The van der Waals surface area contributed by atoms with Gasteiger partial charge in [0.2, 0.25) is 17.7 Å². The minimum atomic E-state index is -0.283. The number of para-hydroxylation sites is 2. The molecule has 2 heterocycles. The van der Waals surface area contributed by atoms with Crippen LogP contribution in [0.3, 0.4) is 0 Å². The Morgan fingerprint density at radius 1 is 0.861 bits per heavy atom. The van der Waals surface area contributed by atoms with Crippen molar-refractivity contribution >= 4 is 40.2 Å². The summed E-state index contributed by atoms with van der Waals surface area (Å²) < 4.78 is 5.80. The molecule has 4 atom stereocenters. The Balaban J connectivity index is 1.05. The number of amides is 3. The molecule has 2 bridgehead atoms. The minimum Gasteiger partial charge on any atom is -0.436 e. The van der Waals surface area contributed by atoms with Gasteiger partial charge in [-0.1, -0.05) is 24.3 Å². The van der Waals surface area contributed by atoms with Crippen LogP contribution in [0.15, 0.2) is 89.4 Å². The van der Waals surface area contributed by atoms with Crippen LogP contribution < -0.4 is 10.2 Å². The van der Waals surface area contributed by atoms with Crippen molar-refractivity contribution in [2.24, 2.45) is 23.7 Å². The lowest BCUT2D eigenvalue weighted by Gasteiger charge is -2.17. The number of imide groups is 1. The van der Waals surface area contributed by atoms with Crippen molar-refractivity contribution < 1.29 is 18.8 Å². The number of fused-ring (bicyclic) bond motifs is 6. The van der Waals surface area contributed by atoms with Crippen molar-refractivity contribution in [3.8, 4) is 11.5 Å². The Morgan fingerprint density at radius 3 is 2.19 bits per heavy atom. The van der Waals surface area contributed by atoms with Gasteiger partial charge in [-0.05, 0) is 78.9 Å². The quantitative estimate of drug-likeness (QED) is 0.329. The summed E-state index contributed by atoms with van der Waals surface area (Å²) in [6.45, 7) is 0. The number of carbonyl (C=O) groups is 3. The smallest absolute Gasteiger partial charge is 0.255 e. The molecule has 0 unspecified atom stereocenters. The lowest BCUT2D eigenvalue weighted by Crippen LogP contribution is -2.32. The largest absolute Gasteiger partial charge is 0.436 e. The Bertz CT molecular complexity index is 1510. The average molecular weight is 476 g/mol. The number of carbonyl (C=O) groups excluding carboxylic acids is 3. The van der Waals surface area contributed by atoms with Crippen LogP contribution in [0.1, 0.15) is 16.8 Å². The van der Waals surface area contributed by atoms with Gasteiger partial charge < -0.3 is 9.73 Å². The molecule has 1 saturated heterocycles. The van der Waals surface area contributed by atoms with Gasteiger partial charge in [0, 0.05) is 16.8 Å². The molecular formula is C29H21N3O4. The van der Waals surface area contributed by atoms with E-state index in [4.69, 9.17) is 4.42 Å². The van der Waals surface area contributed by atoms with Gasteiger partial charge >= 0.3 is 0 Å². The summed E-state index contributed by atoms with van der Waals surface area (Å²) in [5.74, 6) is -0.170. The van der Waals surface area contributed by atoms with Gasteiger partial charge in [0.15, 0.2) is 5.58 Å². The monoisotopic (exact) mass is 475 g/mol. The summed E-state index contributed by atoms with van der Waals surface area (Å²) in [6.07, 6.45) is 5.05. The first-order valence-corrected chi connectivity index (χ1v) is 12.0. The number of rotatable bonds is 4. The summed E-state index contributed by atoms with van der Waals surface area (Å²) in [5.41, 5.74) is 3.89. The van der Waals surface area contributed by atoms with Gasteiger partial charge in [-0.15, -0.1) is 0 Å². The van der Waals surface area contributed by atoms with E-state index in [0.29, 0.717) is 22.8 Å². The SMILES string of the molecule is O=C(Nc1ccc(-c2nc3ccccc3o2)cc1)c1ccc(N2C(=O)[C@@H]3[C@@H](C2=O)[C@H]2C=C[C@H]3C2)cc1. The van der Waals surface area contributed by atoms with Crippen LogP contribution in [-0.4, -0.2) is 22.7 Å². The molecule has 7 nitrogen and oxygen atoms in total. The van der Waals surface area contributed by atoms with Gasteiger partial charge in [-0.3, -0.25) is 19.3 Å². The van der Waals surface area contributed by atoms with Crippen molar-refractivity contribution in [2.45, 2.75) is 6.42 Å². The third-order valence-corrected chi connectivity index (χ3v) is 7.54. The zero-order valence-corrected chi connectivity index (χ0v) is 19.1. The molecule has 1 aliphatic heterocycles. The first kappa shape index (κ1) is 20.8. The maximum atomic E-state index is 13.0. The minimum absolute atomic E-state index is 0.127. The summed E-state index contributed by atoms with van der Waals surface area (Å²) in [4.78, 5) is 44.6. The second-order valence-corrected chi connectivity index (χ2v) is 9.58. The molecule has 3 aliphatic rings. The molecular weight excluding hydrogens is 454 g/mol. The highest BCUT2D eigenvalue weighted by Crippen LogP contribution is 2.53. The average Bonchev–Trinajstić information content (AvgIpc) is 3.67. The van der Waals surface area contributed by atoms with E-state index in [9.17, 15) is 14.4 Å². The lowest BCUT2D eigenvalue weighted by molar-refractivity contribution is -0.123. The summed E-state index contributed by atoms with van der Waals surface area (Å²) >= 11 is 0. The normalized spacial score (nSPS) is 24.1. The number of allylic oxidation sites excluding steroid dienone is 2. The molecule has 2 fully saturated rings. The Morgan fingerprint density at radius 2 is 1.53 bits per heavy atom. The van der Waals surface area contributed by atoms with Crippen LogP contribution >= 0.6 is 0 Å². The Kier molecular flexibility index (Phi) is 4.48. The maximum absolute atomic E-state index is 13.0. The maximum Gasteiger partial charge on any atom is 0.255 e. The van der Waals surface area contributed by atoms with Crippen molar-refractivity contribution in [1.29, 1.82) is 0 Å². The zero-order chi connectivity index (χ0) is 24.4. The third kappa shape index (κ3) is 3.12. The molecule has 2 aliphatic carbocycles. The van der Waals surface area contributed by atoms with Crippen molar-refractivity contribution in [3.05, 3.63) is 90.5 Å². The molecule has 7 heteroatoms. The summed E-state index contributed by atoms with van der Waals surface area (Å²) in [5, 5.41) is 2.88. The van der Waals surface area contributed by atoms with Crippen LogP contribution in [-0.2, 0) is 9.59 Å². The van der Waals surface area contributed by atoms with Crippen LogP contribution in [0, 0.1) is 23.7 Å². The number of aromatic nitrogens is 1. The second-order valence-electron chi connectivity index (χ2n) is 9.58. The lowest BCUT2D eigenvalue weighted by atomic mass is 9.85. The molecule has 1 aromatic heterocycles. The van der Waals surface area contributed by atoms with Crippen molar-refractivity contribution in [3.63, 3.8) is 0 Å². The molecule has 3 amide bonds. The Labute approximate surface area is 206 Å². The zero-order valence-electron chi connectivity index (χ0n) is 19.1. The fourth-order valence-corrected chi connectivity index (χ4v) is 5.81.